The Balaban J connectivity index is 1.87. The molecule has 6 heteroatoms. The predicted molar refractivity (Wildman–Crippen MR) is 127 cm³/mol. The van der Waals surface area contributed by atoms with Crippen molar-refractivity contribution in [3.8, 4) is 22.8 Å². The molecule has 0 aliphatic carbocycles. The molecule has 4 rings (SSSR count). The van der Waals surface area contributed by atoms with Gasteiger partial charge in [-0.05, 0) is 57.4 Å². The summed E-state index contributed by atoms with van der Waals surface area (Å²) in [6.07, 6.45) is 0. The molecule has 164 valence electrons. The Morgan fingerprint density at radius 2 is 1.38 bits per heavy atom. The summed E-state index contributed by atoms with van der Waals surface area (Å²) in [7, 11) is -4.07. The molecule has 1 heterocycles. The Labute approximate surface area is 189 Å². The predicted octanol–water partition coefficient (Wildman–Crippen LogP) is 5.85. The van der Waals surface area contributed by atoms with Gasteiger partial charge in [0.2, 0.25) is 5.88 Å². The monoisotopic (exact) mass is 446 g/mol. The number of nitrogens with zero attached hydrogens (tertiary/aromatic N) is 2. The van der Waals surface area contributed by atoms with Gasteiger partial charge in [0.1, 0.15) is 4.90 Å². The highest BCUT2D eigenvalue weighted by Crippen LogP contribution is 2.31. The Hall–Kier alpha value is -3.38. The topological polar surface area (TPSA) is 61.2 Å². The van der Waals surface area contributed by atoms with Crippen LogP contribution in [-0.4, -0.2) is 18.2 Å². The Morgan fingerprint density at radius 3 is 2.00 bits per heavy atom. The highest BCUT2D eigenvalue weighted by atomic mass is 32.2. The summed E-state index contributed by atoms with van der Waals surface area (Å²) >= 11 is 0. The molecule has 0 aliphatic heterocycles. The molecule has 1 aromatic heterocycles. The SMILES string of the molecule is Cc1ccc(-n2nc(-c3ccccc3)cc2OS(=O)(=O)c2c(C)cc(C)cc2C)c(C)c1. The lowest BCUT2D eigenvalue weighted by atomic mass is 10.1. The molecular weight excluding hydrogens is 420 g/mol. The number of hydrogen-bond donors (Lipinski definition) is 0. The summed E-state index contributed by atoms with van der Waals surface area (Å²) in [6, 6.07) is 20.9. The van der Waals surface area contributed by atoms with Gasteiger partial charge in [0.25, 0.3) is 0 Å². The molecule has 0 fully saturated rings. The van der Waals surface area contributed by atoms with E-state index in [0.29, 0.717) is 16.8 Å². The lowest BCUT2D eigenvalue weighted by Crippen LogP contribution is -2.15. The van der Waals surface area contributed by atoms with E-state index < -0.39 is 10.1 Å². The third-order valence-corrected chi connectivity index (χ3v) is 6.91. The Morgan fingerprint density at radius 1 is 0.750 bits per heavy atom. The molecular formula is C26H26N2O3S. The summed E-state index contributed by atoms with van der Waals surface area (Å²) in [5.74, 6) is 0.148. The number of aromatic nitrogens is 2. The number of hydrogen-bond acceptors (Lipinski definition) is 4. The molecule has 0 spiro atoms. The van der Waals surface area contributed by atoms with E-state index in [9.17, 15) is 8.42 Å². The number of benzene rings is 3. The van der Waals surface area contributed by atoms with Crippen LogP contribution in [0, 0.1) is 34.6 Å². The van der Waals surface area contributed by atoms with Crippen LogP contribution in [0.5, 0.6) is 5.88 Å². The molecule has 0 N–H and O–H groups in total. The zero-order valence-electron chi connectivity index (χ0n) is 18.9. The number of aryl methyl sites for hydroxylation is 5. The minimum Gasteiger partial charge on any atom is -0.358 e. The van der Waals surface area contributed by atoms with Crippen LogP contribution in [0.15, 0.2) is 71.6 Å². The van der Waals surface area contributed by atoms with E-state index in [4.69, 9.17) is 9.28 Å². The quantitative estimate of drug-likeness (QED) is 0.361. The van der Waals surface area contributed by atoms with Crippen LogP contribution < -0.4 is 4.18 Å². The fraction of sp³-hybridized carbons (Fsp3) is 0.192. The van der Waals surface area contributed by atoms with Gasteiger partial charge in [-0.1, -0.05) is 65.7 Å². The zero-order valence-corrected chi connectivity index (χ0v) is 19.7. The average Bonchev–Trinajstić information content (AvgIpc) is 3.10. The van der Waals surface area contributed by atoms with Crippen molar-refractivity contribution in [2.24, 2.45) is 0 Å². The lowest BCUT2D eigenvalue weighted by molar-refractivity contribution is 0.463. The van der Waals surface area contributed by atoms with E-state index >= 15 is 0 Å². The second-order valence-corrected chi connectivity index (χ2v) is 9.68. The summed E-state index contributed by atoms with van der Waals surface area (Å²) in [5, 5.41) is 4.71. The molecule has 32 heavy (non-hydrogen) atoms. The van der Waals surface area contributed by atoms with Gasteiger partial charge in [-0.3, -0.25) is 0 Å². The van der Waals surface area contributed by atoms with Crippen LogP contribution >= 0.6 is 0 Å². The molecule has 0 unspecified atom stereocenters. The van der Waals surface area contributed by atoms with Crippen LogP contribution in [0.25, 0.3) is 16.9 Å². The van der Waals surface area contributed by atoms with Crippen molar-refractivity contribution in [1.82, 2.24) is 9.78 Å². The van der Waals surface area contributed by atoms with E-state index in [1.165, 1.54) is 0 Å². The maximum absolute atomic E-state index is 13.4. The first kappa shape index (κ1) is 21.8. The van der Waals surface area contributed by atoms with Crippen LogP contribution in [0.4, 0.5) is 0 Å². The van der Waals surface area contributed by atoms with Gasteiger partial charge < -0.3 is 4.18 Å². The normalized spacial score (nSPS) is 11.5. The molecule has 4 aromatic rings. The highest BCUT2D eigenvalue weighted by Gasteiger charge is 2.25. The zero-order chi connectivity index (χ0) is 23.0. The fourth-order valence-corrected chi connectivity index (χ4v) is 5.44. The van der Waals surface area contributed by atoms with Gasteiger partial charge in [-0.2, -0.15) is 18.2 Å². The molecule has 0 saturated carbocycles. The largest absolute Gasteiger partial charge is 0.358 e. The summed E-state index contributed by atoms with van der Waals surface area (Å²) < 4.78 is 34.0. The number of rotatable bonds is 5. The average molecular weight is 447 g/mol. The summed E-state index contributed by atoms with van der Waals surface area (Å²) in [4.78, 5) is 0.192. The summed E-state index contributed by atoms with van der Waals surface area (Å²) in [6.45, 7) is 9.50. The van der Waals surface area contributed by atoms with E-state index in [1.807, 2.05) is 81.4 Å². The van der Waals surface area contributed by atoms with Gasteiger partial charge in [0.05, 0.1) is 11.4 Å². The molecule has 0 aliphatic rings. The van der Waals surface area contributed by atoms with E-state index in [-0.39, 0.29) is 10.8 Å². The minimum atomic E-state index is -4.07. The lowest BCUT2D eigenvalue weighted by Gasteiger charge is -2.14. The maximum Gasteiger partial charge on any atom is 0.341 e. The van der Waals surface area contributed by atoms with Gasteiger partial charge in [0, 0.05) is 11.6 Å². The highest BCUT2D eigenvalue weighted by molar-refractivity contribution is 7.87. The van der Waals surface area contributed by atoms with E-state index in [1.54, 1.807) is 24.6 Å². The molecule has 3 aromatic carbocycles. The van der Waals surface area contributed by atoms with Gasteiger partial charge in [-0.15, -0.1) is 0 Å². The van der Waals surface area contributed by atoms with Crippen molar-refractivity contribution in [3.63, 3.8) is 0 Å². The van der Waals surface area contributed by atoms with Crippen LogP contribution in [0.1, 0.15) is 27.8 Å². The first-order valence-electron chi connectivity index (χ1n) is 10.4. The van der Waals surface area contributed by atoms with Crippen molar-refractivity contribution in [1.29, 1.82) is 0 Å². The van der Waals surface area contributed by atoms with Crippen LogP contribution in [0.3, 0.4) is 0 Å². The second-order valence-electron chi connectivity index (χ2n) is 8.20. The Kier molecular flexibility index (Phi) is 5.65. The third kappa shape index (κ3) is 4.18. The van der Waals surface area contributed by atoms with Gasteiger partial charge in [0.15, 0.2) is 0 Å². The van der Waals surface area contributed by atoms with Crippen molar-refractivity contribution >= 4 is 10.1 Å². The smallest absolute Gasteiger partial charge is 0.341 e. The van der Waals surface area contributed by atoms with Crippen LogP contribution in [0.2, 0.25) is 0 Å². The maximum atomic E-state index is 13.4. The van der Waals surface area contributed by atoms with Gasteiger partial charge >= 0.3 is 10.1 Å². The van der Waals surface area contributed by atoms with E-state index in [2.05, 4.69) is 0 Å². The van der Waals surface area contributed by atoms with Crippen molar-refractivity contribution in [3.05, 3.63) is 94.5 Å². The standard InChI is InChI=1S/C26H26N2O3S/c1-17-11-12-24(19(3)13-17)28-25(16-23(27-28)22-9-7-6-8-10-22)31-32(29,30)26-20(4)14-18(2)15-21(26)5/h6-16H,1-5H3. The second kappa shape index (κ2) is 8.28. The van der Waals surface area contributed by atoms with Crippen molar-refractivity contribution in [2.45, 2.75) is 39.5 Å². The molecule has 0 atom stereocenters. The molecule has 5 nitrogen and oxygen atoms in total. The first-order valence-corrected chi connectivity index (χ1v) is 11.8. The molecule has 0 radical (unpaired) electrons. The Bertz CT molecular complexity index is 1380. The minimum absolute atomic E-state index is 0.148. The first-order chi connectivity index (χ1) is 15.2. The van der Waals surface area contributed by atoms with Gasteiger partial charge in [-0.25, -0.2) is 0 Å². The molecule has 0 amide bonds. The third-order valence-electron chi connectivity index (χ3n) is 5.38. The molecule has 0 bridgehead atoms. The van der Waals surface area contributed by atoms with E-state index in [0.717, 1.165) is 27.9 Å². The molecule has 0 saturated heterocycles. The van der Waals surface area contributed by atoms with Crippen molar-refractivity contribution in [2.75, 3.05) is 0 Å². The fourth-order valence-electron chi connectivity index (χ4n) is 4.10. The summed E-state index contributed by atoms with van der Waals surface area (Å²) in [5.41, 5.74) is 6.67. The van der Waals surface area contributed by atoms with Crippen LogP contribution in [-0.2, 0) is 10.1 Å². The van der Waals surface area contributed by atoms with Crippen molar-refractivity contribution < 1.29 is 12.6 Å².